The average molecular weight is 218 g/mol. The number of rotatable bonds is 4. The van der Waals surface area contributed by atoms with Gasteiger partial charge in [0.05, 0.1) is 0 Å². The molecule has 2 rings (SSSR count). The molecule has 1 heterocycles. The molecular formula is C12H14N2O2. The number of aryl methyl sites for hydroxylation is 1. The van der Waals surface area contributed by atoms with Crippen LogP contribution in [0.3, 0.4) is 0 Å². The number of carboxylic acids is 1. The Morgan fingerprint density at radius 3 is 2.94 bits per heavy atom. The Labute approximate surface area is 93.1 Å². The van der Waals surface area contributed by atoms with Crippen molar-refractivity contribution in [1.29, 1.82) is 0 Å². The van der Waals surface area contributed by atoms with Crippen molar-refractivity contribution in [3.8, 4) is 0 Å². The number of aliphatic carboxylic acids is 1. The number of carboxylic acid groups (broad SMARTS) is 1. The third-order valence-corrected chi connectivity index (χ3v) is 2.72. The molecule has 0 aliphatic rings. The van der Waals surface area contributed by atoms with Gasteiger partial charge >= 0.3 is 5.97 Å². The van der Waals surface area contributed by atoms with E-state index in [0.717, 1.165) is 16.5 Å². The van der Waals surface area contributed by atoms with Crippen molar-refractivity contribution >= 4 is 16.9 Å². The van der Waals surface area contributed by atoms with Gasteiger partial charge in [-0.2, -0.15) is 0 Å². The molecule has 0 aliphatic carbocycles. The van der Waals surface area contributed by atoms with Crippen LogP contribution in [0.15, 0.2) is 30.5 Å². The van der Waals surface area contributed by atoms with Crippen LogP contribution in [-0.2, 0) is 11.2 Å². The van der Waals surface area contributed by atoms with E-state index in [0.29, 0.717) is 12.8 Å². The minimum absolute atomic E-state index is 0.456. The fourth-order valence-corrected chi connectivity index (χ4v) is 1.77. The zero-order valence-corrected chi connectivity index (χ0v) is 8.81. The number of para-hydroxylation sites is 1. The number of nitrogens with one attached hydrogen (secondary N) is 1. The van der Waals surface area contributed by atoms with E-state index in [4.69, 9.17) is 10.8 Å². The molecule has 0 saturated heterocycles. The fraction of sp³-hybridized carbons (Fsp3) is 0.250. The SMILES string of the molecule is N[C@@H](CCc1c[nH]c2ccccc12)C(=O)O. The van der Waals surface area contributed by atoms with E-state index in [1.807, 2.05) is 30.5 Å². The van der Waals surface area contributed by atoms with Gasteiger partial charge in [-0.25, -0.2) is 0 Å². The highest BCUT2D eigenvalue weighted by atomic mass is 16.4. The van der Waals surface area contributed by atoms with E-state index in [1.54, 1.807) is 0 Å². The highest BCUT2D eigenvalue weighted by Crippen LogP contribution is 2.19. The summed E-state index contributed by atoms with van der Waals surface area (Å²) in [7, 11) is 0. The monoisotopic (exact) mass is 218 g/mol. The molecule has 0 bridgehead atoms. The molecule has 0 spiro atoms. The highest BCUT2D eigenvalue weighted by molar-refractivity contribution is 5.83. The maximum Gasteiger partial charge on any atom is 0.320 e. The molecular weight excluding hydrogens is 204 g/mol. The van der Waals surface area contributed by atoms with Crippen molar-refractivity contribution < 1.29 is 9.90 Å². The number of hydrogen-bond donors (Lipinski definition) is 3. The predicted octanol–water partition coefficient (Wildman–Crippen LogP) is 1.51. The minimum atomic E-state index is -0.945. The second kappa shape index (κ2) is 4.37. The molecule has 0 radical (unpaired) electrons. The van der Waals surface area contributed by atoms with Crippen molar-refractivity contribution in [2.75, 3.05) is 0 Å². The predicted molar refractivity (Wildman–Crippen MR) is 62.2 cm³/mol. The second-order valence-corrected chi connectivity index (χ2v) is 3.84. The lowest BCUT2D eigenvalue weighted by Gasteiger charge is -2.04. The normalized spacial score (nSPS) is 12.8. The maximum absolute atomic E-state index is 10.6. The van der Waals surface area contributed by atoms with E-state index < -0.39 is 12.0 Å². The molecule has 0 saturated carbocycles. The molecule has 0 unspecified atom stereocenters. The number of aromatic amines is 1. The third-order valence-electron chi connectivity index (χ3n) is 2.72. The highest BCUT2D eigenvalue weighted by Gasteiger charge is 2.12. The van der Waals surface area contributed by atoms with Gasteiger partial charge in [0, 0.05) is 17.1 Å². The van der Waals surface area contributed by atoms with E-state index in [1.165, 1.54) is 0 Å². The van der Waals surface area contributed by atoms with Crippen LogP contribution in [0.25, 0.3) is 10.9 Å². The number of aromatic nitrogens is 1. The Morgan fingerprint density at radius 1 is 1.44 bits per heavy atom. The van der Waals surface area contributed by atoms with Crippen LogP contribution in [0.1, 0.15) is 12.0 Å². The summed E-state index contributed by atoms with van der Waals surface area (Å²) < 4.78 is 0. The lowest BCUT2D eigenvalue weighted by molar-refractivity contribution is -0.138. The van der Waals surface area contributed by atoms with Gasteiger partial charge < -0.3 is 15.8 Å². The molecule has 16 heavy (non-hydrogen) atoms. The van der Waals surface area contributed by atoms with Gasteiger partial charge in [0.1, 0.15) is 6.04 Å². The van der Waals surface area contributed by atoms with Crippen LogP contribution < -0.4 is 5.73 Å². The van der Waals surface area contributed by atoms with Crippen LogP contribution in [0.5, 0.6) is 0 Å². The van der Waals surface area contributed by atoms with Crippen molar-refractivity contribution in [3.05, 3.63) is 36.0 Å². The summed E-state index contributed by atoms with van der Waals surface area (Å²) in [6.45, 7) is 0. The summed E-state index contributed by atoms with van der Waals surface area (Å²) >= 11 is 0. The summed E-state index contributed by atoms with van der Waals surface area (Å²) in [6, 6.07) is 7.17. The Hall–Kier alpha value is -1.81. The second-order valence-electron chi connectivity index (χ2n) is 3.84. The van der Waals surface area contributed by atoms with Gasteiger partial charge in [-0.3, -0.25) is 4.79 Å². The Bertz CT molecular complexity index is 504. The summed E-state index contributed by atoms with van der Waals surface area (Å²) in [5, 5.41) is 9.83. The first-order valence-electron chi connectivity index (χ1n) is 5.22. The van der Waals surface area contributed by atoms with Gasteiger partial charge in [-0.05, 0) is 24.5 Å². The molecule has 2 aromatic rings. The van der Waals surface area contributed by atoms with E-state index in [-0.39, 0.29) is 0 Å². The van der Waals surface area contributed by atoms with Crippen LogP contribution in [0.4, 0.5) is 0 Å². The number of benzene rings is 1. The molecule has 4 heteroatoms. The number of carbonyl (C=O) groups is 1. The smallest absolute Gasteiger partial charge is 0.320 e. The Kier molecular flexibility index (Phi) is 2.92. The summed E-state index contributed by atoms with van der Waals surface area (Å²) in [6.07, 6.45) is 3.05. The molecule has 1 aromatic heterocycles. The van der Waals surface area contributed by atoms with Gasteiger partial charge in [-0.1, -0.05) is 18.2 Å². The lowest BCUT2D eigenvalue weighted by Crippen LogP contribution is -2.30. The van der Waals surface area contributed by atoms with Crippen LogP contribution in [-0.4, -0.2) is 22.1 Å². The van der Waals surface area contributed by atoms with E-state index >= 15 is 0 Å². The molecule has 0 amide bonds. The van der Waals surface area contributed by atoms with Gasteiger partial charge in [0.2, 0.25) is 0 Å². The van der Waals surface area contributed by atoms with Crippen molar-refractivity contribution in [2.24, 2.45) is 5.73 Å². The number of hydrogen-bond acceptors (Lipinski definition) is 2. The quantitative estimate of drug-likeness (QED) is 0.727. The summed E-state index contributed by atoms with van der Waals surface area (Å²) in [5.74, 6) is -0.945. The van der Waals surface area contributed by atoms with Crippen LogP contribution in [0, 0.1) is 0 Å². The average Bonchev–Trinajstić information content (AvgIpc) is 2.69. The number of fused-ring (bicyclic) bond motifs is 1. The molecule has 1 aromatic carbocycles. The maximum atomic E-state index is 10.6. The first-order valence-corrected chi connectivity index (χ1v) is 5.22. The molecule has 84 valence electrons. The first-order chi connectivity index (χ1) is 7.68. The summed E-state index contributed by atoms with van der Waals surface area (Å²) in [4.78, 5) is 13.7. The zero-order valence-electron chi connectivity index (χ0n) is 8.81. The van der Waals surface area contributed by atoms with Crippen LogP contribution >= 0.6 is 0 Å². The number of nitrogens with two attached hydrogens (primary N) is 1. The number of H-pyrrole nitrogens is 1. The van der Waals surface area contributed by atoms with Crippen molar-refractivity contribution in [3.63, 3.8) is 0 Å². The Morgan fingerprint density at radius 2 is 2.19 bits per heavy atom. The molecule has 4 N–H and O–H groups in total. The van der Waals surface area contributed by atoms with Crippen LogP contribution in [0.2, 0.25) is 0 Å². The fourth-order valence-electron chi connectivity index (χ4n) is 1.77. The van der Waals surface area contributed by atoms with Gasteiger partial charge in [0.15, 0.2) is 0 Å². The van der Waals surface area contributed by atoms with Crippen molar-refractivity contribution in [1.82, 2.24) is 4.98 Å². The zero-order chi connectivity index (χ0) is 11.5. The molecule has 0 aliphatic heterocycles. The van der Waals surface area contributed by atoms with Gasteiger partial charge in [0.25, 0.3) is 0 Å². The summed E-state index contributed by atoms with van der Waals surface area (Å²) in [5.41, 5.74) is 7.66. The molecule has 4 nitrogen and oxygen atoms in total. The largest absolute Gasteiger partial charge is 0.480 e. The Balaban J connectivity index is 2.13. The van der Waals surface area contributed by atoms with Crippen molar-refractivity contribution in [2.45, 2.75) is 18.9 Å². The lowest BCUT2D eigenvalue weighted by atomic mass is 10.1. The standard InChI is InChI=1S/C12H14N2O2/c13-10(12(15)16)6-5-8-7-14-11-4-2-1-3-9(8)11/h1-4,7,10,14H,5-6,13H2,(H,15,16)/t10-/m0/s1. The first kappa shape index (κ1) is 10.7. The van der Waals surface area contributed by atoms with E-state index in [9.17, 15) is 4.79 Å². The van der Waals surface area contributed by atoms with E-state index in [2.05, 4.69) is 4.98 Å². The minimum Gasteiger partial charge on any atom is -0.480 e. The third kappa shape index (κ3) is 2.06. The van der Waals surface area contributed by atoms with Gasteiger partial charge in [-0.15, -0.1) is 0 Å². The molecule has 1 atom stereocenters. The molecule has 0 fully saturated rings. The topological polar surface area (TPSA) is 79.1 Å².